The topological polar surface area (TPSA) is 172 Å². The van der Waals surface area contributed by atoms with Crippen LogP contribution in [0.5, 0.6) is 0 Å². The maximum absolute atomic E-state index is 11.9. The van der Waals surface area contributed by atoms with Crippen molar-refractivity contribution in [1.29, 1.82) is 0 Å². The Bertz CT molecular complexity index is 2380. The zero-order valence-electron chi connectivity index (χ0n) is 35.9. The van der Waals surface area contributed by atoms with Crippen LogP contribution in [0.1, 0.15) is 156 Å². The second-order valence-electron chi connectivity index (χ2n) is 16.5. The number of fused-ring (bicyclic) bond motifs is 8. The number of aliphatic hydroxyl groups excluding tert-OH is 2. The van der Waals surface area contributed by atoms with Crippen molar-refractivity contribution < 1.29 is 30.0 Å². The molecule has 3 aromatic heterocycles. The lowest BCUT2D eigenvalue weighted by atomic mass is 9.96. The van der Waals surface area contributed by atoms with Gasteiger partial charge in [0.25, 0.3) is 0 Å². The SMILES string of the molecule is C=Cc1c(C)c2cc3[nH]c(cc4nc(cc5nc(cc1[nH]2)C(C)=C5CCC(=O)O)C(CCC(=O)O)=C4CO)c(C)c3[C@@H](O)CC/C=C(\C)CCCC(C)CCC=C(C)C. The van der Waals surface area contributed by atoms with E-state index in [0.717, 1.165) is 75.6 Å². The van der Waals surface area contributed by atoms with E-state index < -0.39 is 18.0 Å². The van der Waals surface area contributed by atoms with Crippen LogP contribution in [0.25, 0.3) is 50.4 Å². The van der Waals surface area contributed by atoms with E-state index in [1.54, 1.807) is 12.1 Å². The lowest BCUT2D eigenvalue weighted by molar-refractivity contribution is -0.137. The summed E-state index contributed by atoms with van der Waals surface area (Å²) in [5, 5.41) is 41.9. The lowest BCUT2D eigenvalue weighted by Gasteiger charge is -2.12. The molecule has 10 heteroatoms. The van der Waals surface area contributed by atoms with E-state index in [0.29, 0.717) is 51.8 Å². The van der Waals surface area contributed by atoms with Crippen molar-refractivity contribution in [2.24, 2.45) is 5.92 Å². The minimum Gasteiger partial charge on any atom is -0.481 e. The van der Waals surface area contributed by atoms with Crippen molar-refractivity contribution in [3.8, 4) is 0 Å². The quantitative estimate of drug-likeness (QED) is 0.0650. The summed E-state index contributed by atoms with van der Waals surface area (Å²) < 4.78 is 0. The summed E-state index contributed by atoms with van der Waals surface area (Å²) in [6.45, 7) is 18.4. The van der Waals surface area contributed by atoms with E-state index in [9.17, 15) is 30.0 Å². The summed E-state index contributed by atoms with van der Waals surface area (Å²) in [4.78, 5) is 40.6. The smallest absolute Gasteiger partial charge is 0.303 e. The van der Waals surface area contributed by atoms with Gasteiger partial charge in [0.15, 0.2) is 0 Å². The Hall–Kier alpha value is -5.32. The van der Waals surface area contributed by atoms with E-state index in [4.69, 9.17) is 9.97 Å². The van der Waals surface area contributed by atoms with Crippen molar-refractivity contribution in [3.63, 3.8) is 0 Å². The fourth-order valence-corrected chi connectivity index (χ4v) is 8.26. The summed E-state index contributed by atoms with van der Waals surface area (Å²) in [5.74, 6) is -1.22. The van der Waals surface area contributed by atoms with Gasteiger partial charge in [-0.15, -0.1) is 0 Å². The number of aliphatic hydroxyl groups is 2. The molecule has 59 heavy (non-hydrogen) atoms. The molecule has 2 aliphatic heterocycles. The predicted octanol–water partition coefficient (Wildman–Crippen LogP) is 11.5. The first-order valence-electron chi connectivity index (χ1n) is 20.9. The molecule has 0 radical (unpaired) electrons. The van der Waals surface area contributed by atoms with Gasteiger partial charge in [-0.25, -0.2) is 9.97 Å². The molecule has 0 amide bonds. The van der Waals surface area contributed by atoms with Gasteiger partial charge in [0.05, 0.1) is 35.5 Å². The van der Waals surface area contributed by atoms with Crippen LogP contribution in [0.4, 0.5) is 0 Å². The van der Waals surface area contributed by atoms with E-state index in [-0.39, 0.29) is 32.3 Å². The average molecular weight is 803 g/mol. The summed E-state index contributed by atoms with van der Waals surface area (Å²) in [7, 11) is 0. The molecule has 6 N–H and O–H groups in total. The number of carbonyl (C=O) groups is 2. The lowest BCUT2D eigenvalue weighted by Crippen LogP contribution is -1.98. The number of allylic oxidation sites excluding steroid dienone is 7. The van der Waals surface area contributed by atoms with Crippen LogP contribution in [0.15, 0.2) is 54.1 Å². The van der Waals surface area contributed by atoms with Gasteiger partial charge >= 0.3 is 11.9 Å². The molecular formula is C49H62N4O6. The van der Waals surface area contributed by atoms with Gasteiger partial charge in [-0.05, 0) is 151 Å². The van der Waals surface area contributed by atoms with Crippen molar-refractivity contribution in [1.82, 2.24) is 19.9 Å². The third-order valence-electron chi connectivity index (χ3n) is 11.8. The summed E-state index contributed by atoms with van der Waals surface area (Å²) >= 11 is 0. The Morgan fingerprint density at radius 1 is 0.729 bits per heavy atom. The van der Waals surface area contributed by atoms with Gasteiger partial charge in [-0.3, -0.25) is 9.59 Å². The van der Waals surface area contributed by atoms with E-state index in [1.165, 1.54) is 24.0 Å². The molecular weight excluding hydrogens is 741 g/mol. The molecule has 0 saturated carbocycles. The highest BCUT2D eigenvalue weighted by Crippen LogP contribution is 2.39. The van der Waals surface area contributed by atoms with Crippen molar-refractivity contribution >= 4 is 62.4 Å². The Morgan fingerprint density at radius 2 is 1.32 bits per heavy atom. The molecule has 2 atom stereocenters. The number of nitrogens with one attached hydrogen (secondary N) is 2. The average Bonchev–Trinajstić information content (AvgIpc) is 3.85. The van der Waals surface area contributed by atoms with Crippen LogP contribution in [-0.4, -0.2) is 58.9 Å². The molecule has 5 rings (SSSR count). The molecule has 0 spiro atoms. The number of nitrogens with zero attached hydrogens (tertiary/aromatic N) is 2. The van der Waals surface area contributed by atoms with Gasteiger partial charge in [-0.1, -0.05) is 49.3 Å². The summed E-state index contributed by atoms with van der Waals surface area (Å²) in [6, 6.07) is 7.57. The molecule has 5 heterocycles. The monoisotopic (exact) mass is 802 g/mol. The van der Waals surface area contributed by atoms with Crippen LogP contribution in [0, 0.1) is 19.8 Å². The van der Waals surface area contributed by atoms with Gasteiger partial charge in [0, 0.05) is 51.6 Å². The first kappa shape index (κ1) is 44.8. The number of aryl methyl sites for hydroxylation is 2. The number of aliphatic carboxylic acids is 2. The number of aromatic nitrogens is 4. The number of hydrogen-bond acceptors (Lipinski definition) is 6. The Morgan fingerprint density at radius 3 is 1.98 bits per heavy atom. The minimum absolute atomic E-state index is 0.0956. The van der Waals surface area contributed by atoms with Crippen LogP contribution >= 0.6 is 0 Å². The summed E-state index contributed by atoms with van der Waals surface area (Å²) in [5.41, 5.74) is 14.1. The van der Waals surface area contributed by atoms with Gasteiger partial charge < -0.3 is 30.4 Å². The third-order valence-corrected chi connectivity index (χ3v) is 11.8. The number of carboxylic acids is 2. The molecule has 314 valence electrons. The Labute approximate surface area is 348 Å². The molecule has 0 aromatic carbocycles. The number of aromatic amines is 2. The summed E-state index contributed by atoms with van der Waals surface area (Å²) in [6.07, 6.45) is 12.7. The van der Waals surface area contributed by atoms with Crippen molar-refractivity contribution in [2.75, 3.05) is 6.61 Å². The van der Waals surface area contributed by atoms with E-state index >= 15 is 0 Å². The van der Waals surface area contributed by atoms with Crippen LogP contribution in [-0.2, 0) is 9.59 Å². The maximum atomic E-state index is 11.9. The molecule has 2 aliphatic rings. The predicted molar refractivity (Wildman–Crippen MR) is 240 cm³/mol. The third kappa shape index (κ3) is 11.0. The highest BCUT2D eigenvalue weighted by molar-refractivity contribution is 5.97. The van der Waals surface area contributed by atoms with E-state index in [2.05, 4.69) is 56.4 Å². The molecule has 8 bridgehead atoms. The standard InChI is InChI=1S/C49H62N4O6/c1-9-34-31(6)39-25-45-49(46(55)18-12-17-30(5)16-11-15-29(4)14-10-13-28(2)3)33(8)40(52-45)24-44-37(27-54)36(20-22-48(58)59)43(53-44)26-42-35(19-21-47(56)57)32(7)38(51-42)23-41(34)50-39/h9,13,17,23-26,29,46,50,52,54-55H,1,10-12,14-16,18-22,27H2,2-8H3,(H,56,57)(H,58,59)/b30-17+,38-23?,39-25?,40-24?,41-23?,42-26?,43-26?,44-24?,45-25?/t29?,46-/m0/s1. The maximum Gasteiger partial charge on any atom is 0.303 e. The molecule has 1 unspecified atom stereocenters. The minimum atomic E-state index is -0.978. The zero-order chi connectivity index (χ0) is 43.0. The van der Waals surface area contributed by atoms with Gasteiger partial charge in [0.1, 0.15) is 0 Å². The highest BCUT2D eigenvalue weighted by atomic mass is 16.4. The first-order valence-corrected chi connectivity index (χ1v) is 20.9. The molecule has 0 aliphatic carbocycles. The van der Waals surface area contributed by atoms with Crippen molar-refractivity contribution in [3.05, 3.63) is 99.2 Å². The number of rotatable bonds is 19. The highest BCUT2D eigenvalue weighted by Gasteiger charge is 2.25. The molecule has 3 aromatic rings. The Balaban J connectivity index is 1.63. The normalized spacial score (nSPS) is 14.2. The first-order chi connectivity index (χ1) is 28.1. The number of H-pyrrole nitrogens is 2. The second-order valence-corrected chi connectivity index (χ2v) is 16.5. The fourth-order valence-electron chi connectivity index (χ4n) is 8.26. The largest absolute Gasteiger partial charge is 0.481 e. The van der Waals surface area contributed by atoms with Crippen LogP contribution in [0.2, 0.25) is 0 Å². The molecule has 0 saturated heterocycles. The van der Waals surface area contributed by atoms with Gasteiger partial charge in [-0.2, -0.15) is 0 Å². The second kappa shape index (κ2) is 20.1. The Kier molecular flexibility index (Phi) is 15.2. The zero-order valence-corrected chi connectivity index (χ0v) is 35.9. The van der Waals surface area contributed by atoms with Crippen LogP contribution < -0.4 is 0 Å². The number of carboxylic acid groups (broad SMARTS) is 2. The molecule has 0 fully saturated rings. The van der Waals surface area contributed by atoms with E-state index in [1.807, 2.05) is 39.0 Å². The number of hydrogen-bond donors (Lipinski definition) is 6. The fraction of sp³-hybridized carbons (Fsp3) is 0.429. The van der Waals surface area contributed by atoms with Crippen molar-refractivity contribution in [2.45, 2.75) is 125 Å². The molecule has 10 nitrogen and oxygen atoms in total. The van der Waals surface area contributed by atoms with Gasteiger partial charge in [0.2, 0.25) is 0 Å². The van der Waals surface area contributed by atoms with Crippen LogP contribution in [0.3, 0.4) is 0 Å².